The fourth-order valence-corrected chi connectivity index (χ4v) is 3.29. The minimum Gasteiger partial charge on any atom is -0.298 e. The lowest BCUT2D eigenvalue weighted by Gasteiger charge is -2.08. The summed E-state index contributed by atoms with van der Waals surface area (Å²) in [5, 5.41) is 3.66. The van der Waals surface area contributed by atoms with E-state index in [0.717, 1.165) is 4.68 Å². The lowest BCUT2D eigenvalue weighted by molar-refractivity contribution is 0.112. The molecule has 2 aromatic rings. The molecule has 8 heteroatoms. The van der Waals surface area contributed by atoms with E-state index in [1.54, 1.807) is 12.1 Å². The minimum absolute atomic E-state index is 0.0292. The van der Waals surface area contributed by atoms with Crippen molar-refractivity contribution in [1.29, 1.82) is 0 Å². The summed E-state index contributed by atoms with van der Waals surface area (Å²) in [7, 11) is -2.38. The molecular formula is C11H10ClN3O3S. The van der Waals surface area contributed by atoms with E-state index in [-0.39, 0.29) is 15.7 Å². The number of halogens is 1. The van der Waals surface area contributed by atoms with Gasteiger partial charge < -0.3 is 0 Å². The van der Waals surface area contributed by atoms with Gasteiger partial charge in [0.1, 0.15) is 6.29 Å². The number of carbonyl (C=O) groups is 1. The molecule has 1 aromatic heterocycles. The van der Waals surface area contributed by atoms with Crippen molar-refractivity contribution in [3.63, 3.8) is 0 Å². The molecule has 0 saturated carbocycles. The van der Waals surface area contributed by atoms with Crippen LogP contribution in [0.5, 0.6) is 0 Å². The number of rotatable bonds is 4. The highest BCUT2D eigenvalue weighted by molar-refractivity contribution is 7.92. The van der Waals surface area contributed by atoms with Crippen molar-refractivity contribution in [2.45, 2.75) is 5.03 Å². The van der Waals surface area contributed by atoms with Crippen LogP contribution in [0.1, 0.15) is 10.4 Å². The van der Waals surface area contributed by atoms with E-state index < -0.39 is 10.0 Å². The van der Waals surface area contributed by atoms with Gasteiger partial charge in [-0.3, -0.25) is 14.2 Å². The first-order chi connectivity index (χ1) is 8.94. The molecule has 0 aliphatic heterocycles. The Morgan fingerprint density at radius 2 is 2.16 bits per heavy atom. The topological polar surface area (TPSA) is 81.1 Å². The van der Waals surface area contributed by atoms with Gasteiger partial charge in [0.2, 0.25) is 0 Å². The van der Waals surface area contributed by atoms with Crippen molar-refractivity contribution in [1.82, 2.24) is 9.78 Å². The second-order valence-electron chi connectivity index (χ2n) is 3.77. The molecule has 0 aliphatic carbocycles. The summed E-state index contributed by atoms with van der Waals surface area (Å²) >= 11 is 5.80. The molecule has 0 radical (unpaired) electrons. The van der Waals surface area contributed by atoms with Crippen molar-refractivity contribution in [2.24, 2.45) is 7.05 Å². The largest absolute Gasteiger partial charge is 0.298 e. The first-order valence-electron chi connectivity index (χ1n) is 5.19. The predicted octanol–water partition coefficient (Wildman–Crippen LogP) is 1.69. The Balaban J connectivity index is 2.39. The Kier molecular flexibility index (Phi) is 3.59. The van der Waals surface area contributed by atoms with Gasteiger partial charge in [-0.2, -0.15) is 13.5 Å². The maximum Gasteiger partial charge on any atom is 0.280 e. The van der Waals surface area contributed by atoms with Crippen LogP contribution in [0, 0.1) is 0 Å². The maximum absolute atomic E-state index is 12.2. The SMILES string of the molecule is Cn1ncc(Cl)c1S(=O)(=O)Nc1cccc(C=O)c1. The zero-order valence-electron chi connectivity index (χ0n) is 9.87. The van der Waals surface area contributed by atoms with Crippen LogP contribution in [0.15, 0.2) is 35.5 Å². The van der Waals surface area contributed by atoms with Gasteiger partial charge in [-0.15, -0.1) is 0 Å². The van der Waals surface area contributed by atoms with Gasteiger partial charge in [0.15, 0.2) is 5.03 Å². The number of hydrogen-bond donors (Lipinski definition) is 1. The Morgan fingerprint density at radius 1 is 1.42 bits per heavy atom. The number of nitrogens with one attached hydrogen (secondary N) is 1. The van der Waals surface area contributed by atoms with E-state index in [2.05, 4.69) is 9.82 Å². The average molecular weight is 300 g/mol. The van der Waals surface area contributed by atoms with Gasteiger partial charge in [0.05, 0.1) is 11.2 Å². The quantitative estimate of drug-likeness (QED) is 0.871. The third-order valence-electron chi connectivity index (χ3n) is 2.37. The minimum atomic E-state index is -3.85. The number of carbonyl (C=O) groups excluding carboxylic acids is 1. The molecule has 0 spiro atoms. The fourth-order valence-electron chi connectivity index (χ4n) is 1.58. The highest BCUT2D eigenvalue weighted by Crippen LogP contribution is 2.22. The first kappa shape index (κ1) is 13.6. The maximum atomic E-state index is 12.2. The van der Waals surface area contributed by atoms with Crippen LogP contribution in [0.3, 0.4) is 0 Å². The summed E-state index contributed by atoms with van der Waals surface area (Å²) in [5.74, 6) is 0. The van der Waals surface area contributed by atoms with Crippen LogP contribution in [-0.4, -0.2) is 24.5 Å². The summed E-state index contributed by atoms with van der Waals surface area (Å²) in [5.41, 5.74) is 0.651. The molecule has 0 fully saturated rings. The van der Waals surface area contributed by atoms with Crippen LogP contribution in [0.25, 0.3) is 0 Å². The van der Waals surface area contributed by atoms with Gasteiger partial charge in [-0.05, 0) is 12.1 Å². The van der Waals surface area contributed by atoms with Crippen molar-refractivity contribution in [3.8, 4) is 0 Å². The Bertz CT molecular complexity index is 705. The first-order valence-corrected chi connectivity index (χ1v) is 7.06. The lowest BCUT2D eigenvalue weighted by Crippen LogP contribution is -2.17. The van der Waals surface area contributed by atoms with E-state index in [4.69, 9.17) is 11.6 Å². The number of aryl methyl sites for hydroxylation is 1. The molecule has 0 bridgehead atoms. The van der Waals surface area contributed by atoms with E-state index in [1.807, 2.05) is 0 Å². The van der Waals surface area contributed by atoms with Crippen LogP contribution in [0.4, 0.5) is 5.69 Å². The third-order valence-corrected chi connectivity index (χ3v) is 4.26. The molecule has 100 valence electrons. The molecule has 0 unspecified atom stereocenters. The molecule has 2 rings (SSSR count). The van der Waals surface area contributed by atoms with E-state index >= 15 is 0 Å². The summed E-state index contributed by atoms with van der Waals surface area (Å²) in [6.45, 7) is 0. The highest BCUT2D eigenvalue weighted by atomic mass is 35.5. The van der Waals surface area contributed by atoms with E-state index in [9.17, 15) is 13.2 Å². The summed E-state index contributed by atoms with van der Waals surface area (Å²) in [4.78, 5) is 10.6. The summed E-state index contributed by atoms with van der Waals surface area (Å²) < 4.78 is 27.8. The molecule has 1 N–H and O–H groups in total. The molecule has 0 aliphatic rings. The van der Waals surface area contributed by atoms with Gasteiger partial charge in [0.25, 0.3) is 10.0 Å². The van der Waals surface area contributed by atoms with Crippen LogP contribution < -0.4 is 4.72 Å². The van der Waals surface area contributed by atoms with Gasteiger partial charge in [-0.1, -0.05) is 23.7 Å². The zero-order chi connectivity index (χ0) is 14.0. The van der Waals surface area contributed by atoms with Gasteiger partial charge in [0, 0.05) is 18.3 Å². The molecule has 0 atom stereocenters. The molecule has 0 amide bonds. The summed E-state index contributed by atoms with van der Waals surface area (Å²) in [6, 6.07) is 6.11. The second kappa shape index (κ2) is 5.02. The van der Waals surface area contributed by atoms with E-state index in [0.29, 0.717) is 11.8 Å². The number of nitrogens with zero attached hydrogens (tertiary/aromatic N) is 2. The zero-order valence-corrected chi connectivity index (χ0v) is 11.4. The number of benzene rings is 1. The predicted molar refractivity (Wildman–Crippen MR) is 70.9 cm³/mol. The fraction of sp³-hybridized carbons (Fsp3) is 0.0909. The Morgan fingerprint density at radius 3 is 2.74 bits per heavy atom. The second-order valence-corrected chi connectivity index (χ2v) is 5.77. The van der Waals surface area contributed by atoms with Crippen LogP contribution in [-0.2, 0) is 17.1 Å². The van der Waals surface area contributed by atoms with Gasteiger partial charge in [-0.25, -0.2) is 0 Å². The van der Waals surface area contributed by atoms with Crippen molar-refractivity contribution < 1.29 is 13.2 Å². The highest BCUT2D eigenvalue weighted by Gasteiger charge is 2.22. The molecule has 1 heterocycles. The number of sulfonamides is 1. The lowest BCUT2D eigenvalue weighted by atomic mass is 10.2. The van der Waals surface area contributed by atoms with Crippen molar-refractivity contribution >= 4 is 33.6 Å². The smallest absolute Gasteiger partial charge is 0.280 e. The Labute approximate surface area is 115 Å². The standard InChI is InChI=1S/C11H10ClN3O3S/c1-15-11(10(12)6-13-15)19(17,18)14-9-4-2-3-8(5-9)7-16/h2-7,14H,1H3. The molecular weight excluding hydrogens is 290 g/mol. The summed E-state index contributed by atoms with van der Waals surface area (Å²) in [6.07, 6.45) is 1.88. The molecule has 1 aromatic carbocycles. The number of hydrogen-bond acceptors (Lipinski definition) is 4. The van der Waals surface area contributed by atoms with Gasteiger partial charge >= 0.3 is 0 Å². The van der Waals surface area contributed by atoms with Crippen LogP contribution in [0.2, 0.25) is 5.02 Å². The number of anilines is 1. The molecule has 19 heavy (non-hydrogen) atoms. The monoisotopic (exact) mass is 299 g/mol. The van der Waals surface area contributed by atoms with Crippen molar-refractivity contribution in [3.05, 3.63) is 41.0 Å². The number of aldehydes is 1. The Hall–Kier alpha value is -1.86. The van der Waals surface area contributed by atoms with Crippen LogP contribution >= 0.6 is 11.6 Å². The van der Waals surface area contributed by atoms with Crippen molar-refractivity contribution in [2.75, 3.05) is 4.72 Å². The average Bonchev–Trinajstić information content (AvgIpc) is 2.69. The number of aromatic nitrogens is 2. The third kappa shape index (κ3) is 2.77. The normalized spacial score (nSPS) is 11.3. The molecule has 0 saturated heterocycles. The molecule has 6 nitrogen and oxygen atoms in total. The van der Waals surface area contributed by atoms with E-state index in [1.165, 1.54) is 25.4 Å².